The second-order valence-corrected chi connectivity index (χ2v) is 7.79. The molecule has 1 atom stereocenters. The zero-order valence-corrected chi connectivity index (χ0v) is 17.5. The largest absolute Gasteiger partial charge is 0.325 e. The van der Waals surface area contributed by atoms with Crippen LogP contribution in [0.1, 0.15) is 42.9 Å². The summed E-state index contributed by atoms with van der Waals surface area (Å²) in [5, 5.41) is 15.7. The van der Waals surface area contributed by atoms with Gasteiger partial charge in [-0.05, 0) is 59.4 Å². The summed E-state index contributed by atoms with van der Waals surface area (Å²) in [6.45, 7) is 8.36. The smallest absolute Gasteiger partial charge is 0.234 e. The minimum absolute atomic E-state index is 0.0724. The van der Waals surface area contributed by atoms with E-state index in [1.165, 1.54) is 11.8 Å². The third-order valence-electron chi connectivity index (χ3n) is 4.80. The number of aryl methyl sites for hydroxylation is 2. The number of nitrogens with zero attached hydrogens (tertiary/aromatic N) is 4. The average molecular weight is 396 g/mol. The van der Waals surface area contributed by atoms with Crippen molar-refractivity contribution in [1.29, 1.82) is 0 Å². The second kappa shape index (κ2) is 9.01. The van der Waals surface area contributed by atoms with Crippen LogP contribution in [0.2, 0.25) is 0 Å². The summed E-state index contributed by atoms with van der Waals surface area (Å²) < 4.78 is 1.70. The van der Waals surface area contributed by atoms with Crippen molar-refractivity contribution in [3.8, 4) is 5.69 Å². The van der Waals surface area contributed by atoms with Gasteiger partial charge in [-0.1, -0.05) is 62.0 Å². The van der Waals surface area contributed by atoms with E-state index in [0.29, 0.717) is 11.1 Å². The van der Waals surface area contributed by atoms with Crippen molar-refractivity contribution in [2.75, 3.05) is 11.1 Å². The van der Waals surface area contributed by atoms with E-state index >= 15 is 0 Å². The quantitative estimate of drug-likeness (QED) is 0.595. The van der Waals surface area contributed by atoms with E-state index in [2.05, 4.69) is 40.8 Å². The van der Waals surface area contributed by atoms with Gasteiger partial charge in [0.15, 0.2) is 0 Å². The minimum atomic E-state index is -0.0724. The van der Waals surface area contributed by atoms with Crippen LogP contribution in [0, 0.1) is 13.8 Å². The maximum absolute atomic E-state index is 12.5. The molecule has 0 radical (unpaired) electrons. The average Bonchev–Trinajstić information content (AvgIpc) is 3.14. The predicted octanol–water partition coefficient (Wildman–Crippen LogP) is 4.52. The molecule has 2 aromatic carbocycles. The number of aromatic nitrogens is 4. The highest BCUT2D eigenvalue weighted by Gasteiger charge is 2.16. The molecule has 7 heteroatoms. The van der Waals surface area contributed by atoms with Crippen LogP contribution < -0.4 is 5.32 Å². The van der Waals surface area contributed by atoms with Crippen LogP contribution in [0.4, 0.5) is 5.69 Å². The van der Waals surface area contributed by atoms with Crippen molar-refractivity contribution >= 4 is 23.4 Å². The number of benzene rings is 2. The predicted molar refractivity (Wildman–Crippen MR) is 113 cm³/mol. The summed E-state index contributed by atoms with van der Waals surface area (Å²) >= 11 is 1.33. The highest BCUT2D eigenvalue weighted by atomic mass is 32.2. The number of hydrogen-bond donors (Lipinski definition) is 1. The molecule has 0 spiro atoms. The van der Waals surface area contributed by atoms with Crippen molar-refractivity contribution < 1.29 is 4.79 Å². The van der Waals surface area contributed by atoms with Crippen LogP contribution in [0.15, 0.2) is 47.6 Å². The molecule has 0 aliphatic carbocycles. The molecule has 0 aliphatic heterocycles. The Morgan fingerprint density at radius 2 is 1.86 bits per heavy atom. The molecule has 0 saturated carbocycles. The van der Waals surface area contributed by atoms with Crippen molar-refractivity contribution in [1.82, 2.24) is 20.2 Å². The Balaban J connectivity index is 1.72. The van der Waals surface area contributed by atoms with Crippen LogP contribution in [0.3, 0.4) is 0 Å². The molecule has 0 unspecified atom stereocenters. The van der Waals surface area contributed by atoms with E-state index in [4.69, 9.17) is 0 Å². The fraction of sp³-hybridized carbons (Fsp3) is 0.333. The number of carbonyl (C=O) groups is 1. The van der Waals surface area contributed by atoms with Crippen molar-refractivity contribution in [3.05, 3.63) is 59.2 Å². The first-order valence-corrected chi connectivity index (χ1v) is 10.4. The summed E-state index contributed by atoms with van der Waals surface area (Å²) in [5.41, 5.74) is 5.15. The number of hydrogen-bond acceptors (Lipinski definition) is 5. The van der Waals surface area contributed by atoms with Crippen molar-refractivity contribution in [2.45, 2.75) is 45.2 Å². The minimum Gasteiger partial charge on any atom is -0.325 e. The molecule has 3 aromatic rings. The van der Waals surface area contributed by atoms with Crippen LogP contribution in [-0.4, -0.2) is 31.9 Å². The second-order valence-electron chi connectivity index (χ2n) is 6.85. The molecule has 3 rings (SSSR count). The number of amides is 1. The number of rotatable bonds is 7. The van der Waals surface area contributed by atoms with Gasteiger partial charge in [0.1, 0.15) is 0 Å². The number of para-hydroxylation sites is 2. The highest BCUT2D eigenvalue weighted by Crippen LogP contribution is 2.27. The maximum atomic E-state index is 12.5. The highest BCUT2D eigenvalue weighted by molar-refractivity contribution is 7.99. The standard InChI is InChI=1S/C21H25N5OS/c1-5-14(2)17-11-6-7-12-18(17)22-19(27)13-28-21-23-24-25-26(21)20-15(3)9-8-10-16(20)4/h6-12,14H,5,13H2,1-4H3,(H,22,27)/t14-/m0/s1. The van der Waals surface area contributed by atoms with Gasteiger partial charge in [-0.2, -0.15) is 4.68 Å². The summed E-state index contributed by atoms with van der Waals surface area (Å²) in [4.78, 5) is 12.5. The SMILES string of the molecule is CC[C@H](C)c1ccccc1NC(=O)CSc1nnnn1-c1c(C)cccc1C. The van der Waals surface area contributed by atoms with Crippen LogP contribution in [0.5, 0.6) is 0 Å². The third kappa shape index (κ3) is 4.42. The lowest BCUT2D eigenvalue weighted by Crippen LogP contribution is -2.16. The van der Waals surface area contributed by atoms with E-state index in [0.717, 1.165) is 34.5 Å². The Morgan fingerprint density at radius 3 is 2.57 bits per heavy atom. The maximum Gasteiger partial charge on any atom is 0.234 e. The van der Waals surface area contributed by atoms with Gasteiger partial charge in [-0.15, -0.1) is 5.10 Å². The fourth-order valence-corrected chi connectivity index (χ4v) is 3.80. The zero-order valence-electron chi connectivity index (χ0n) is 16.6. The molecule has 6 nitrogen and oxygen atoms in total. The number of tetrazole rings is 1. The molecule has 0 fully saturated rings. The van der Waals surface area contributed by atoms with E-state index in [1.54, 1.807) is 4.68 Å². The van der Waals surface area contributed by atoms with Crippen LogP contribution in [0.25, 0.3) is 5.69 Å². The lowest BCUT2D eigenvalue weighted by atomic mass is 9.97. The van der Waals surface area contributed by atoms with Gasteiger partial charge in [0.05, 0.1) is 11.4 Å². The Kier molecular flexibility index (Phi) is 6.46. The number of nitrogens with one attached hydrogen (secondary N) is 1. The molecule has 1 heterocycles. The molecule has 1 N–H and O–H groups in total. The Morgan fingerprint density at radius 1 is 1.14 bits per heavy atom. The van der Waals surface area contributed by atoms with Crippen molar-refractivity contribution in [3.63, 3.8) is 0 Å². The summed E-state index contributed by atoms with van der Waals surface area (Å²) in [7, 11) is 0. The van der Waals surface area contributed by atoms with Gasteiger partial charge in [0.25, 0.3) is 0 Å². The molecule has 0 saturated heterocycles. The molecule has 1 aromatic heterocycles. The Bertz CT molecular complexity index is 949. The fourth-order valence-electron chi connectivity index (χ4n) is 3.13. The van der Waals surface area contributed by atoms with Gasteiger partial charge in [0, 0.05) is 5.69 Å². The Hall–Kier alpha value is -2.67. The Labute approximate surface area is 169 Å². The van der Waals surface area contributed by atoms with Crippen molar-refractivity contribution in [2.24, 2.45) is 0 Å². The molecule has 28 heavy (non-hydrogen) atoms. The van der Waals surface area contributed by atoms with E-state index in [1.807, 2.05) is 50.2 Å². The van der Waals surface area contributed by atoms with Crippen LogP contribution in [-0.2, 0) is 4.79 Å². The van der Waals surface area contributed by atoms with E-state index in [-0.39, 0.29) is 11.7 Å². The van der Waals surface area contributed by atoms with Crippen LogP contribution >= 0.6 is 11.8 Å². The number of anilines is 1. The summed E-state index contributed by atoms with van der Waals surface area (Å²) in [6, 6.07) is 14.0. The molecule has 0 aliphatic rings. The van der Waals surface area contributed by atoms with Gasteiger partial charge in [0.2, 0.25) is 11.1 Å². The van der Waals surface area contributed by atoms with Gasteiger partial charge >= 0.3 is 0 Å². The van der Waals surface area contributed by atoms with Gasteiger partial charge in [-0.3, -0.25) is 4.79 Å². The first kappa shape index (κ1) is 20.1. The zero-order chi connectivity index (χ0) is 20.1. The monoisotopic (exact) mass is 395 g/mol. The first-order chi connectivity index (χ1) is 13.5. The lowest BCUT2D eigenvalue weighted by molar-refractivity contribution is -0.113. The van der Waals surface area contributed by atoms with Gasteiger partial charge < -0.3 is 5.32 Å². The molecular weight excluding hydrogens is 370 g/mol. The number of carbonyl (C=O) groups excluding carboxylic acids is 1. The molecule has 1 amide bonds. The third-order valence-corrected chi connectivity index (χ3v) is 5.72. The first-order valence-electron chi connectivity index (χ1n) is 9.37. The number of thioether (sulfide) groups is 1. The van der Waals surface area contributed by atoms with E-state index < -0.39 is 0 Å². The van der Waals surface area contributed by atoms with E-state index in [9.17, 15) is 4.79 Å². The molecule has 0 bridgehead atoms. The topological polar surface area (TPSA) is 72.7 Å². The molecule has 146 valence electrons. The normalized spacial score (nSPS) is 12.0. The summed E-state index contributed by atoms with van der Waals surface area (Å²) in [6.07, 6.45) is 1.02. The molecular formula is C21H25N5OS. The lowest BCUT2D eigenvalue weighted by Gasteiger charge is -2.15. The van der Waals surface area contributed by atoms with Gasteiger partial charge in [-0.25, -0.2) is 0 Å². The summed E-state index contributed by atoms with van der Waals surface area (Å²) in [5.74, 6) is 0.553.